The van der Waals surface area contributed by atoms with Gasteiger partial charge in [0.2, 0.25) is 5.82 Å². The highest BCUT2D eigenvalue weighted by molar-refractivity contribution is 6.00. The topological polar surface area (TPSA) is 95.6 Å². The molecule has 0 unspecified atom stereocenters. The van der Waals surface area contributed by atoms with Gasteiger partial charge in [0.05, 0.1) is 6.04 Å². The van der Waals surface area contributed by atoms with Crippen molar-refractivity contribution < 1.29 is 14.2 Å². The van der Waals surface area contributed by atoms with Crippen molar-refractivity contribution in [3.05, 3.63) is 40.8 Å². The molecule has 110 valence electrons. The molecule has 0 spiro atoms. The molecule has 3 rings (SSSR count). The Morgan fingerprint density at radius 3 is 3.14 bits per heavy atom. The van der Waals surface area contributed by atoms with Gasteiger partial charge < -0.3 is 15.8 Å². The first-order chi connectivity index (χ1) is 10.2. The molecule has 0 bridgehead atoms. The van der Waals surface area contributed by atoms with E-state index in [4.69, 9.17) is 0 Å². The average Bonchev–Trinajstić information content (AvgIpc) is 2.91. The third-order valence-electron chi connectivity index (χ3n) is 3.38. The maximum absolute atomic E-state index is 13.3. The summed E-state index contributed by atoms with van der Waals surface area (Å²) in [5, 5.41) is 25.8. The highest BCUT2D eigenvalue weighted by atomic mass is 19.1. The van der Waals surface area contributed by atoms with Crippen LogP contribution >= 0.6 is 0 Å². The van der Waals surface area contributed by atoms with Crippen LogP contribution in [-0.2, 0) is 6.42 Å². The van der Waals surface area contributed by atoms with Crippen molar-refractivity contribution >= 4 is 11.7 Å². The second-order valence-corrected chi connectivity index (χ2v) is 4.68. The SMILES string of the molecule is CCNc1nonc1/C(=N/O)N[C@H]1Cc2ccc(F)cc21. The Hall–Kier alpha value is -2.64. The molecule has 0 radical (unpaired) electrons. The minimum Gasteiger partial charge on any atom is -0.409 e. The van der Waals surface area contributed by atoms with Gasteiger partial charge in [-0.1, -0.05) is 11.2 Å². The van der Waals surface area contributed by atoms with Gasteiger partial charge in [-0.05, 0) is 46.9 Å². The summed E-state index contributed by atoms with van der Waals surface area (Å²) in [5.74, 6) is 0.225. The Morgan fingerprint density at radius 2 is 2.38 bits per heavy atom. The lowest BCUT2D eigenvalue weighted by Crippen LogP contribution is -2.36. The van der Waals surface area contributed by atoms with E-state index in [1.54, 1.807) is 6.07 Å². The Morgan fingerprint density at radius 1 is 1.52 bits per heavy atom. The molecular formula is C13H14FN5O2. The highest BCUT2D eigenvalue weighted by Crippen LogP contribution is 2.33. The number of hydrogen-bond donors (Lipinski definition) is 3. The number of anilines is 1. The molecule has 3 N–H and O–H groups in total. The van der Waals surface area contributed by atoms with E-state index >= 15 is 0 Å². The van der Waals surface area contributed by atoms with Gasteiger partial charge in [-0.15, -0.1) is 0 Å². The van der Waals surface area contributed by atoms with E-state index < -0.39 is 0 Å². The lowest BCUT2D eigenvalue weighted by Gasteiger charge is -2.31. The van der Waals surface area contributed by atoms with Gasteiger partial charge in [-0.3, -0.25) is 0 Å². The van der Waals surface area contributed by atoms with Gasteiger partial charge in [-0.25, -0.2) is 9.02 Å². The van der Waals surface area contributed by atoms with Crippen LogP contribution in [0.2, 0.25) is 0 Å². The fourth-order valence-corrected chi connectivity index (χ4v) is 2.34. The predicted molar refractivity (Wildman–Crippen MR) is 72.8 cm³/mol. The lowest BCUT2D eigenvalue weighted by atomic mass is 9.83. The summed E-state index contributed by atoms with van der Waals surface area (Å²) in [6.45, 7) is 2.52. The van der Waals surface area contributed by atoms with Crippen LogP contribution in [0.3, 0.4) is 0 Å². The minimum absolute atomic E-state index is 0.132. The van der Waals surface area contributed by atoms with Crippen LogP contribution in [-0.4, -0.2) is 27.9 Å². The van der Waals surface area contributed by atoms with E-state index in [0.29, 0.717) is 12.4 Å². The number of aromatic nitrogens is 2. The predicted octanol–water partition coefficient (Wildman–Crippen LogP) is 1.66. The van der Waals surface area contributed by atoms with E-state index in [1.165, 1.54) is 12.1 Å². The standard InChI is InChI=1S/C13H14FN5O2/c1-2-15-12-11(18-21-19-12)13(17-20)16-10-5-7-3-4-8(14)6-9(7)10/h3-4,6,10,20H,2,5H2,1H3,(H,15,19)(H,16,17)/t10-/m0/s1. The molecule has 1 aliphatic rings. The largest absolute Gasteiger partial charge is 0.409 e. The normalized spacial score (nSPS) is 17.0. The molecule has 0 amide bonds. The van der Waals surface area contributed by atoms with E-state index in [1.807, 2.05) is 6.92 Å². The van der Waals surface area contributed by atoms with Crippen LogP contribution in [0, 0.1) is 5.82 Å². The van der Waals surface area contributed by atoms with Crippen molar-refractivity contribution in [3.63, 3.8) is 0 Å². The number of fused-ring (bicyclic) bond motifs is 1. The average molecular weight is 291 g/mol. The van der Waals surface area contributed by atoms with Gasteiger partial charge >= 0.3 is 0 Å². The monoisotopic (exact) mass is 291 g/mol. The van der Waals surface area contributed by atoms with Crippen molar-refractivity contribution in [2.75, 3.05) is 11.9 Å². The Labute approximate surface area is 119 Å². The number of benzene rings is 1. The van der Waals surface area contributed by atoms with Crippen LogP contribution in [0.4, 0.5) is 10.2 Å². The van der Waals surface area contributed by atoms with Crippen molar-refractivity contribution in [1.82, 2.24) is 15.6 Å². The molecule has 2 aromatic rings. The van der Waals surface area contributed by atoms with E-state index in [-0.39, 0.29) is 23.4 Å². The van der Waals surface area contributed by atoms with Gasteiger partial charge in [0, 0.05) is 6.54 Å². The molecular weight excluding hydrogens is 277 g/mol. The van der Waals surface area contributed by atoms with Crippen molar-refractivity contribution in [3.8, 4) is 0 Å². The van der Waals surface area contributed by atoms with Crippen LogP contribution in [0.15, 0.2) is 28.0 Å². The van der Waals surface area contributed by atoms with Crippen LogP contribution in [0.1, 0.15) is 29.8 Å². The van der Waals surface area contributed by atoms with Gasteiger partial charge in [0.25, 0.3) is 0 Å². The second-order valence-electron chi connectivity index (χ2n) is 4.68. The Bertz CT molecular complexity index is 685. The summed E-state index contributed by atoms with van der Waals surface area (Å²) in [6.07, 6.45) is 0.719. The number of amidine groups is 1. The van der Waals surface area contributed by atoms with Gasteiger partial charge in [0.15, 0.2) is 11.5 Å². The maximum atomic E-state index is 13.3. The number of hydrogen-bond acceptors (Lipinski definition) is 6. The number of halogens is 1. The number of nitrogens with zero attached hydrogens (tertiary/aromatic N) is 3. The third-order valence-corrected chi connectivity index (χ3v) is 3.38. The molecule has 1 aromatic carbocycles. The quantitative estimate of drug-likeness (QED) is 0.343. The molecule has 1 aliphatic carbocycles. The summed E-state index contributed by atoms with van der Waals surface area (Å²) >= 11 is 0. The number of rotatable bonds is 4. The molecule has 0 fully saturated rings. The van der Waals surface area contributed by atoms with Gasteiger partial charge in [-0.2, -0.15) is 0 Å². The summed E-state index contributed by atoms with van der Waals surface area (Å²) in [7, 11) is 0. The van der Waals surface area contributed by atoms with Crippen molar-refractivity contribution in [1.29, 1.82) is 0 Å². The first kappa shape index (κ1) is 13.3. The molecule has 0 aliphatic heterocycles. The third kappa shape index (κ3) is 2.39. The molecule has 21 heavy (non-hydrogen) atoms. The maximum Gasteiger partial charge on any atom is 0.202 e. The van der Waals surface area contributed by atoms with E-state index in [2.05, 4.69) is 30.7 Å². The zero-order valence-electron chi connectivity index (χ0n) is 11.3. The highest BCUT2D eigenvalue weighted by Gasteiger charge is 2.29. The molecule has 0 saturated carbocycles. The smallest absolute Gasteiger partial charge is 0.202 e. The van der Waals surface area contributed by atoms with E-state index in [9.17, 15) is 9.60 Å². The second kappa shape index (κ2) is 5.39. The number of nitrogens with one attached hydrogen (secondary N) is 2. The lowest BCUT2D eigenvalue weighted by molar-refractivity contribution is 0.303. The minimum atomic E-state index is -0.292. The number of oxime groups is 1. The Balaban J connectivity index is 1.79. The van der Waals surface area contributed by atoms with E-state index in [0.717, 1.165) is 17.5 Å². The fourth-order valence-electron chi connectivity index (χ4n) is 2.34. The van der Waals surface area contributed by atoms with Crippen molar-refractivity contribution in [2.24, 2.45) is 5.16 Å². The zero-order valence-corrected chi connectivity index (χ0v) is 11.3. The van der Waals surface area contributed by atoms with Gasteiger partial charge in [0.1, 0.15) is 5.82 Å². The summed E-state index contributed by atoms with van der Waals surface area (Å²) in [5.41, 5.74) is 2.19. The van der Waals surface area contributed by atoms with Crippen LogP contribution in [0.5, 0.6) is 0 Å². The molecule has 1 atom stereocenters. The van der Waals surface area contributed by atoms with Crippen LogP contribution in [0.25, 0.3) is 0 Å². The molecule has 0 saturated heterocycles. The Kier molecular flexibility index (Phi) is 3.43. The molecule has 8 heteroatoms. The molecule has 1 heterocycles. The van der Waals surface area contributed by atoms with Crippen molar-refractivity contribution in [2.45, 2.75) is 19.4 Å². The summed E-state index contributed by atoms with van der Waals surface area (Å²) in [4.78, 5) is 0. The first-order valence-electron chi connectivity index (χ1n) is 6.56. The fraction of sp³-hybridized carbons (Fsp3) is 0.308. The summed E-state index contributed by atoms with van der Waals surface area (Å²) < 4.78 is 17.9. The zero-order chi connectivity index (χ0) is 14.8. The van der Waals surface area contributed by atoms with Crippen LogP contribution < -0.4 is 10.6 Å². The first-order valence-corrected chi connectivity index (χ1v) is 6.56. The summed E-state index contributed by atoms with van der Waals surface area (Å²) in [6, 6.07) is 4.52. The molecule has 7 nitrogen and oxygen atoms in total. The molecule has 1 aromatic heterocycles.